The van der Waals surface area contributed by atoms with Gasteiger partial charge >= 0.3 is 0 Å². The van der Waals surface area contributed by atoms with Crippen molar-refractivity contribution >= 4 is 27.7 Å². The van der Waals surface area contributed by atoms with Gasteiger partial charge in [-0.05, 0) is 50.7 Å². The molecule has 0 saturated carbocycles. The molecule has 0 radical (unpaired) electrons. The van der Waals surface area contributed by atoms with Gasteiger partial charge in [0.05, 0.1) is 0 Å². The molecule has 20 heavy (non-hydrogen) atoms. The quantitative estimate of drug-likeness (QED) is 0.752. The molecule has 0 bridgehead atoms. The Morgan fingerprint density at radius 3 is 2.20 bits per heavy atom. The van der Waals surface area contributed by atoms with Gasteiger partial charge in [0.15, 0.2) is 0 Å². The summed E-state index contributed by atoms with van der Waals surface area (Å²) >= 11 is 5.36. The highest BCUT2D eigenvalue weighted by atomic mass is 79.9. The van der Waals surface area contributed by atoms with Gasteiger partial charge in [-0.3, -0.25) is 0 Å². The molecule has 0 aromatic heterocycles. The first kappa shape index (κ1) is 15.6. The van der Waals surface area contributed by atoms with E-state index in [2.05, 4.69) is 77.6 Å². The second-order valence-corrected chi connectivity index (χ2v) is 7.04. The maximum atomic E-state index is 3.47. The smallest absolute Gasteiger partial charge is 0.0413 e. The molecule has 1 N–H and O–H groups in total. The van der Waals surface area contributed by atoms with Crippen LogP contribution in [-0.2, 0) is 0 Å². The number of benzene rings is 2. The standard InChI is InChI=1S/C17H20BrNS/c1-12-8-13(2)10-14(9-12)17(19-3)11-20-16-6-4-15(18)5-7-16/h4-10,17,19H,11H2,1-3H3. The summed E-state index contributed by atoms with van der Waals surface area (Å²) in [6.45, 7) is 4.32. The molecule has 0 aliphatic rings. The van der Waals surface area contributed by atoms with Gasteiger partial charge in [-0.1, -0.05) is 45.3 Å². The van der Waals surface area contributed by atoms with Crippen molar-refractivity contribution in [1.29, 1.82) is 0 Å². The molecule has 1 unspecified atom stereocenters. The van der Waals surface area contributed by atoms with Crippen molar-refractivity contribution < 1.29 is 0 Å². The first-order valence-electron chi connectivity index (χ1n) is 6.72. The molecule has 1 atom stereocenters. The molecular weight excluding hydrogens is 330 g/mol. The summed E-state index contributed by atoms with van der Waals surface area (Å²) in [5.41, 5.74) is 4.03. The van der Waals surface area contributed by atoms with Gasteiger partial charge in [-0.25, -0.2) is 0 Å². The fraction of sp³-hybridized carbons (Fsp3) is 0.294. The van der Waals surface area contributed by atoms with E-state index in [-0.39, 0.29) is 0 Å². The van der Waals surface area contributed by atoms with Crippen LogP contribution in [0.5, 0.6) is 0 Å². The largest absolute Gasteiger partial charge is 0.312 e. The monoisotopic (exact) mass is 349 g/mol. The van der Waals surface area contributed by atoms with Crippen molar-refractivity contribution in [2.24, 2.45) is 0 Å². The number of hydrogen-bond acceptors (Lipinski definition) is 2. The van der Waals surface area contributed by atoms with Crippen LogP contribution in [-0.4, -0.2) is 12.8 Å². The van der Waals surface area contributed by atoms with E-state index in [1.54, 1.807) is 0 Å². The maximum Gasteiger partial charge on any atom is 0.0413 e. The van der Waals surface area contributed by atoms with Crippen LogP contribution in [0, 0.1) is 13.8 Å². The molecule has 0 aliphatic heterocycles. The normalized spacial score (nSPS) is 12.4. The lowest BCUT2D eigenvalue weighted by molar-refractivity contribution is 0.661. The lowest BCUT2D eigenvalue weighted by atomic mass is 10.0. The van der Waals surface area contributed by atoms with Crippen LogP contribution in [0.3, 0.4) is 0 Å². The SMILES string of the molecule is CNC(CSc1ccc(Br)cc1)c1cc(C)cc(C)c1. The topological polar surface area (TPSA) is 12.0 Å². The Morgan fingerprint density at radius 1 is 1.05 bits per heavy atom. The molecule has 106 valence electrons. The van der Waals surface area contributed by atoms with Crippen molar-refractivity contribution in [1.82, 2.24) is 5.32 Å². The third kappa shape index (κ3) is 4.37. The molecule has 3 heteroatoms. The zero-order chi connectivity index (χ0) is 14.5. The zero-order valence-corrected chi connectivity index (χ0v) is 14.5. The first-order valence-corrected chi connectivity index (χ1v) is 8.50. The Balaban J connectivity index is 2.07. The van der Waals surface area contributed by atoms with E-state index >= 15 is 0 Å². The minimum Gasteiger partial charge on any atom is -0.312 e. The number of halogens is 1. The van der Waals surface area contributed by atoms with Gasteiger partial charge in [0.25, 0.3) is 0 Å². The van der Waals surface area contributed by atoms with Crippen LogP contribution in [0.2, 0.25) is 0 Å². The minimum absolute atomic E-state index is 0.377. The van der Waals surface area contributed by atoms with E-state index in [0.717, 1.165) is 10.2 Å². The highest BCUT2D eigenvalue weighted by Gasteiger charge is 2.10. The third-order valence-corrected chi connectivity index (χ3v) is 4.86. The Morgan fingerprint density at radius 2 is 1.65 bits per heavy atom. The van der Waals surface area contributed by atoms with E-state index in [0.29, 0.717) is 6.04 Å². The van der Waals surface area contributed by atoms with Crippen LogP contribution < -0.4 is 5.32 Å². The average molecular weight is 350 g/mol. The summed E-state index contributed by atoms with van der Waals surface area (Å²) < 4.78 is 1.13. The first-order chi connectivity index (χ1) is 9.58. The zero-order valence-electron chi connectivity index (χ0n) is 12.1. The number of nitrogens with one attached hydrogen (secondary N) is 1. The van der Waals surface area contributed by atoms with Crippen LogP contribution in [0.15, 0.2) is 51.8 Å². The number of aryl methyl sites for hydroxylation is 2. The van der Waals surface area contributed by atoms with Gasteiger partial charge < -0.3 is 5.32 Å². The molecule has 0 fully saturated rings. The fourth-order valence-corrected chi connectivity index (χ4v) is 3.58. The van der Waals surface area contributed by atoms with Gasteiger partial charge in [0.2, 0.25) is 0 Å². The van der Waals surface area contributed by atoms with Gasteiger partial charge in [-0.15, -0.1) is 11.8 Å². The summed E-state index contributed by atoms with van der Waals surface area (Å²) in [5, 5.41) is 3.42. The number of hydrogen-bond donors (Lipinski definition) is 1. The van der Waals surface area contributed by atoms with Crippen LogP contribution in [0.1, 0.15) is 22.7 Å². The lowest BCUT2D eigenvalue weighted by Gasteiger charge is -2.17. The molecule has 0 aliphatic carbocycles. The highest BCUT2D eigenvalue weighted by molar-refractivity contribution is 9.10. The number of rotatable bonds is 5. The molecule has 0 amide bonds. The summed E-state index contributed by atoms with van der Waals surface area (Å²) in [6, 6.07) is 15.6. The van der Waals surface area contributed by atoms with E-state index in [1.165, 1.54) is 21.6 Å². The molecule has 2 aromatic rings. The Hall–Kier alpha value is -0.770. The van der Waals surface area contributed by atoms with Crippen molar-refractivity contribution in [2.45, 2.75) is 24.8 Å². The Bertz CT molecular complexity index is 545. The van der Waals surface area contributed by atoms with Crippen LogP contribution in [0.25, 0.3) is 0 Å². The van der Waals surface area contributed by atoms with Crippen molar-refractivity contribution in [2.75, 3.05) is 12.8 Å². The predicted molar refractivity (Wildman–Crippen MR) is 92.6 cm³/mol. The highest BCUT2D eigenvalue weighted by Crippen LogP contribution is 2.26. The molecule has 0 saturated heterocycles. The van der Waals surface area contributed by atoms with E-state index < -0.39 is 0 Å². The van der Waals surface area contributed by atoms with Gasteiger partial charge in [0.1, 0.15) is 0 Å². The molecular formula is C17H20BrNS. The van der Waals surface area contributed by atoms with Crippen molar-refractivity contribution in [3.8, 4) is 0 Å². The minimum atomic E-state index is 0.377. The maximum absolute atomic E-state index is 3.47. The Kier molecular flexibility index (Phi) is 5.70. The van der Waals surface area contributed by atoms with Crippen LogP contribution >= 0.6 is 27.7 Å². The molecule has 0 heterocycles. The predicted octanol–water partition coefficient (Wildman–Crippen LogP) is 5.12. The van der Waals surface area contributed by atoms with E-state index in [1.807, 2.05) is 18.8 Å². The van der Waals surface area contributed by atoms with Crippen LogP contribution in [0.4, 0.5) is 0 Å². The molecule has 2 rings (SSSR count). The van der Waals surface area contributed by atoms with Gasteiger partial charge in [0, 0.05) is 21.2 Å². The summed E-state index contributed by atoms with van der Waals surface area (Å²) in [7, 11) is 2.03. The fourth-order valence-electron chi connectivity index (χ4n) is 2.27. The molecule has 2 aromatic carbocycles. The third-order valence-electron chi connectivity index (χ3n) is 3.23. The number of thioether (sulfide) groups is 1. The summed E-state index contributed by atoms with van der Waals surface area (Å²) in [6.07, 6.45) is 0. The van der Waals surface area contributed by atoms with Crippen molar-refractivity contribution in [3.63, 3.8) is 0 Å². The summed E-state index contributed by atoms with van der Waals surface area (Å²) in [5.74, 6) is 1.03. The summed E-state index contributed by atoms with van der Waals surface area (Å²) in [4.78, 5) is 1.30. The van der Waals surface area contributed by atoms with Crippen molar-refractivity contribution in [3.05, 3.63) is 63.6 Å². The Labute approximate surface area is 134 Å². The van der Waals surface area contributed by atoms with E-state index in [4.69, 9.17) is 0 Å². The second kappa shape index (κ2) is 7.30. The lowest BCUT2D eigenvalue weighted by Crippen LogP contribution is -2.19. The molecule has 0 spiro atoms. The average Bonchev–Trinajstić information content (AvgIpc) is 2.40. The van der Waals surface area contributed by atoms with Gasteiger partial charge in [-0.2, -0.15) is 0 Å². The van der Waals surface area contributed by atoms with E-state index in [9.17, 15) is 0 Å². The second-order valence-electron chi connectivity index (χ2n) is 5.03. The molecule has 1 nitrogen and oxygen atoms in total.